The first-order chi connectivity index (χ1) is 9.81. The van der Waals surface area contributed by atoms with Crippen LogP contribution in [-0.4, -0.2) is 32.6 Å². The van der Waals surface area contributed by atoms with Crippen molar-refractivity contribution in [1.29, 1.82) is 0 Å². The van der Waals surface area contributed by atoms with Crippen LogP contribution in [0.2, 0.25) is 0 Å². The molecular formula is C15H15N5. The van der Waals surface area contributed by atoms with Crippen molar-refractivity contribution in [3.8, 4) is 0 Å². The molecule has 1 aliphatic rings. The number of fused-ring (bicyclic) bond motifs is 1. The number of aromatic nitrogens is 4. The normalized spacial score (nSPS) is 15.6. The molecular weight excluding hydrogens is 250 g/mol. The van der Waals surface area contributed by atoms with E-state index in [1.807, 2.05) is 31.6 Å². The third kappa shape index (κ3) is 1.74. The van der Waals surface area contributed by atoms with Gasteiger partial charge in [0.15, 0.2) is 0 Å². The quantitative estimate of drug-likeness (QED) is 0.712. The van der Waals surface area contributed by atoms with Gasteiger partial charge in [0.25, 0.3) is 0 Å². The standard InChI is InChI=1S/C15H15N5/c1-11-6-16-7-15(18-11)19-8-12(9-19)20-10-17-13-4-2-3-5-14(13)20/h2-7,10,12H,8-9H2,1H3. The van der Waals surface area contributed by atoms with Crippen LogP contribution in [0.3, 0.4) is 0 Å². The fourth-order valence-electron chi connectivity index (χ4n) is 2.69. The summed E-state index contributed by atoms with van der Waals surface area (Å²) < 4.78 is 2.26. The highest BCUT2D eigenvalue weighted by molar-refractivity contribution is 5.75. The molecule has 1 aromatic carbocycles. The summed E-state index contributed by atoms with van der Waals surface area (Å²) in [5.74, 6) is 0.964. The van der Waals surface area contributed by atoms with E-state index in [9.17, 15) is 0 Å². The summed E-state index contributed by atoms with van der Waals surface area (Å²) in [5.41, 5.74) is 3.22. The van der Waals surface area contributed by atoms with Gasteiger partial charge in [-0.1, -0.05) is 12.1 Å². The van der Waals surface area contributed by atoms with Crippen molar-refractivity contribution in [3.05, 3.63) is 48.7 Å². The average molecular weight is 265 g/mol. The number of benzene rings is 1. The minimum Gasteiger partial charge on any atom is -0.351 e. The van der Waals surface area contributed by atoms with Gasteiger partial charge in [-0.25, -0.2) is 9.97 Å². The molecule has 0 spiro atoms. The minimum absolute atomic E-state index is 0.463. The molecule has 0 amide bonds. The van der Waals surface area contributed by atoms with E-state index in [0.29, 0.717) is 6.04 Å². The van der Waals surface area contributed by atoms with Crippen LogP contribution in [0.4, 0.5) is 5.82 Å². The van der Waals surface area contributed by atoms with Gasteiger partial charge in [0.05, 0.1) is 35.3 Å². The van der Waals surface area contributed by atoms with Crippen molar-refractivity contribution >= 4 is 16.9 Å². The first-order valence-electron chi connectivity index (χ1n) is 6.76. The molecule has 0 bridgehead atoms. The van der Waals surface area contributed by atoms with Gasteiger partial charge in [-0.2, -0.15) is 0 Å². The molecule has 0 N–H and O–H groups in total. The van der Waals surface area contributed by atoms with Crippen molar-refractivity contribution in [2.45, 2.75) is 13.0 Å². The Morgan fingerprint density at radius 1 is 1.15 bits per heavy atom. The lowest BCUT2D eigenvalue weighted by Gasteiger charge is -2.40. The van der Waals surface area contributed by atoms with Gasteiger partial charge in [-0.05, 0) is 19.1 Å². The Hall–Kier alpha value is -2.43. The fourth-order valence-corrected chi connectivity index (χ4v) is 2.69. The van der Waals surface area contributed by atoms with Gasteiger partial charge in [0.2, 0.25) is 0 Å². The van der Waals surface area contributed by atoms with Gasteiger partial charge in [-0.15, -0.1) is 0 Å². The number of nitrogens with zero attached hydrogens (tertiary/aromatic N) is 5. The molecule has 5 heteroatoms. The zero-order valence-electron chi connectivity index (χ0n) is 11.3. The summed E-state index contributed by atoms with van der Waals surface area (Å²) in [6.07, 6.45) is 5.55. The van der Waals surface area contributed by atoms with Crippen LogP contribution in [-0.2, 0) is 0 Å². The van der Waals surface area contributed by atoms with Crippen LogP contribution in [0.25, 0.3) is 11.0 Å². The summed E-state index contributed by atoms with van der Waals surface area (Å²) >= 11 is 0. The fraction of sp³-hybridized carbons (Fsp3) is 0.267. The maximum Gasteiger partial charge on any atom is 0.147 e. The van der Waals surface area contributed by atoms with Gasteiger partial charge < -0.3 is 9.47 Å². The SMILES string of the molecule is Cc1cncc(N2CC(n3cnc4ccccc43)C2)n1. The maximum absolute atomic E-state index is 4.51. The third-order valence-corrected chi connectivity index (χ3v) is 3.80. The summed E-state index contributed by atoms with van der Waals surface area (Å²) in [7, 11) is 0. The third-order valence-electron chi connectivity index (χ3n) is 3.80. The van der Waals surface area contributed by atoms with Crippen LogP contribution >= 0.6 is 0 Å². The highest BCUT2D eigenvalue weighted by atomic mass is 15.3. The summed E-state index contributed by atoms with van der Waals surface area (Å²) in [5, 5.41) is 0. The number of rotatable bonds is 2. The lowest BCUT2D eigenvalue weighted by molar-refractivity contribution is 0.405. The lowest BCUT2D eigenvalue weighted by Crippen LogP contribution is -2.48. The van der Waals surface area contributed by atoms with Gasteiger partial charge >= 0.3 is 0 Å². The summed E-state index contributed by atoms with van der Waals surface area (Å²) in [4.78, 5) is 15.4. The second kappa shape index (κ2) is 4.30. The van der Waals surface area contributed by atoms with Crippen LogP contribution < -0.4 is 4.90 Å². The monoisotopic (exact) mass is 265 g/mol. The van der Waals surface area contributed by atoms with Gasteiger partial charge in [0, 0.05) is 19.3 Å². The second-order valence-electron chi connectivity index (χ2n) is 5.22. The number of hydrogen-bond acceptors (Lipinski definition) is 4. The maximum atomic E-state index is 4.51. The zero-order valence-corrected chi connectivity index (χ0v) is 11.3. The van der Waals surface area contributed by atoms with Crippen LogP contribution in [0.15, 0.2) is 43.0 Å². The molecule has 3 aromatic rings. The topological polar surface area (TPSA) is 46.8 Å². The molecule has 1 saturated heterocycles. The van der Waals surface area contributed by atoms with Crippen LogP contribution in [0.1, 0.15) is 11.7 Å². The van der Waals surface area contributed by atoms with E-state index in [1.54, 1.807) is 6.20 Å². The van der Waals surface area contributed by atoms with Gasteiger partial charge in [-0.3, -0.25) is 4.98 Å². The van der Waals surface area contributed by atoms with Crippen molar-refractivity contribution < 1.29 is 0 Å². The van der Waals surface area contributed by atoms with E-state index in [2.05, 4.69) is 36.6 Å². The van der Waals surface area contributed by atoms with E-state index >= 15 is 0 Å². The lowest BCUT2D eigenvalue weighted by atomic mass is 10.1. The Kier molecular flexibility index (Phi) is 2.45. The van der Waals surface area contributed by atoms with Crippen molar-refractivity contribution in [2.75, 3.05) is 18.0 Å². The first-order valence-corrected chi connectivity index (χ1v) is 6.76. The molecule has 0 aliphatic carbocycles. The molecule has 0 unspecified atom stereocenters. The van der Waals surface area contributed by atoms with Crippen molar-refractivity contribution in [3.63, 3.8) is 0 Å². The molecule has 1 aliphatic heterocycles. The molecule has 100 valence electrons. The first kappa shape index (κ1) is 11.4. The van der Waals surface area contributed by atoms with Crippen LogP contribution in [0.5, 0.6) is 0 Å². The van der Waals surface area contributed by atoms with Crippen LogP contribution in [0, 0.1) is 6.92 Å². The van der Waals surface area contributed by atoms with Crippen molar-refractivity contribution in [2.24, 2.45) is 0 Å². The molecule has 5 nitrogen and oxygen atoms in total. The number of imidazole rings is 1. The number of hydrogen-bond donors (Lipinski definition) is 0. The van der Waals surface area contributed by atoms with E-state index in [4.69, 9.17) is 0 Å². The Balaban J connectivity index is 1.56. The minimum atomic E-state index is 0.463. The van der Waals surface area contributed by atoms with E-state index in [0.717, 1.165) is 30.1 Å². The molecule has 0 atom stereocenters. The molecule has 20 heavy (non-hydrogen) atoms. The smallest absolute Gasteiger partial charge is 0.147 e. The predicted molar refractivity (Wildman–Crippen MR) is 77.8 cm³/mol. The second-order valence-corrected chi connectivity index (χ2v) is 5.22. The number of anilines is 1. The highest BCUT2D eigenvalue weighted by Gasteiger charge is 2.30. The van der Waals surface area contributed by atoms with E-state index in [-0.39, 0.29) is 0 Å². The largest absolute Gasteiger partial charge is 0.351 e. The Labute approximate surface area is 116 Å². The molecule has 3 heterocycles. The Morgan fingerprint density at radius 2 is 2.00 bits per heavy atom. The van der Waals surface area contributed by atoms with E-state index in [1.165, 1.54) is 5.52 Å². The van der Waals surface area contributed by atoms with Crippen molar-refractivity contribution in [1.82, 2.24) is 19.5 Å². The Bertz CT molecular complexity index is 758. The zero-order chi connectivity index (χ0) is 13.5. The molecule has 1 fully saturated rings. The number of para-hydroxylation sites is 2. The highest BCUT2D eigenvalue weighted by Crippen LogP contribution is 2.28. The van der Waals surface area contributed by atoms with Gasteiger partial charge in [0.1, 0.15) is 5.82 Å². The molecule has 4 rings (SSSR count). The number of aryl methyl sites for hydroxylation is 1. The predicted octanol–water partition coefficient (Wildman–Crippen LogP) is 2.20. The average Bonchev–Trinajstić information content (AvgIpc) is 2.82. The molecule has 0 radical (unpaired) electrons. The molecule has 2 aromatic heterocycles. The van der Waals surface area contributed by atoms with E-state index < -0.39 is 0 Å². The molecule has 0 saturated carbocycles. The Morgan fingerprint density at radius 3 is 2.85 bits per heavy atom. The summed E-state index contributed by atoms with van der Waals surface area (Å²) in [6.45, 7) is 3.88. The summed E-state index contributed by atoms with van der Waals surface area (Å²) in [6, 6.07) is 8.72.